The minimum Gasteiger partial charge on any atom is -0.380 e. The van der Waals surface area contributed by atoms with Gasteiger partial charge in [0, 0.05) is 10.8 Å². The van der Waals surface area contributed by atoms with Gasteiger partial charge in [-0.25, -0.2) is 0 Å². The van der Waals surface area contributed by atoms with Gasteiger partial charge in [-0.3, -0.25) is 0 Å². The van der Waals surface area contributed by atoms with Gasteiger partial charge in [0.25, 0.3) is 0 Å². The van der Waals surface area contributed by atoms with Crippen molar-refractivity contribution in [2.24, 2.45) is 10.8 Å². The summed E-state index contributed by atoms with van der Waals surface area (Å²) in [6.07, 6.45) is 4.44. The van der Waals surface area contributed by atoms with Crippen molar-refractivity contribution in [1.29, 1.82) is 0 Å². The summed E-state index contributed by atoms with van der Waals surface area (Å²) in [5.41, 5.74) is 0.259. The lowest BCUT2D eigenvalue weighted by Crippen LogP contribution is -2.49. The quantitative estimate of drug-likeness (QED) is 0.574. The van der Waals surface area contributed by atoms with Crippen LogP contribution in [0.1, 0.15) is 26.2 Å². The standard InChI is InChI=1S/C9H14O2/c1-2-8(6-11-7-8)9(5-10)3-4-9/h5H,2-4,6-7H2,1H3. The largest absolute Gasteiger partial charge is 0.380 e. The van der Waals surface area contributed by atoms with Gasteiger partial charge >= 0.3 is 0 Å². The van der Waals surface area contributed by atoms with Gasteiger partial charge in [0.15, 0.2) is 0 Å². The van der Waals surface area contributed by atoms with Crippen LogP contribution in [0.2, 0.25) is 0 Å². The van der Waals surface area contributed by atoms with E-state index < -0.39 is 0 Å². The van der Waals surface area contributed by atoms with Crippen LogP contribution >= 0.6 is 0 Å². The van der Waals surface area contributed by atoms with Gasteiger partial charge in [0.2, 0.25) is 0 Å². The van der Waals surface area contributed by atoms with E-state index >= 15 is 0 Å². The molecule has 0 amide bonds. The Kier molecular flexibility index (Phi) is 1.37. The molecule has 0 unspecified atom stereocenters. The Hall–Kier alpha value is -0.370. The molecule has 1 aliphatic carbocycles. The monoisotopic (exact) mass is 154 g/mol. The highest BCUT2D eigenvalue weighted by atomic mass is 16.5. The summed E-state index contributed by atoms with van der Waals surface area (Å²) in [7, 11) is 0. The lowest BCUT2D eigenvalue weighted by atomic mass is 9.69. The SMILES string of the molecule is CCC1(C2(C=O)CC2)COC1. The molecule has 1 saturated heterocycles. The number of rotatable bonds is 3. The first-order valence-corrected chi connectivity index (χ1v) is 4.33. The lowest BCUT2D eigenvalue weighted by molar-refractivity contribution is -0.162. The maximum atomic E-state index is 10.8. The van der Waals surface area contributed by atoms with Crippen LogP contribution in [0, 0.1) is 10.8 Å². The molecule has 0 aromatic heterocycles. The van der Waals surface area contributed by atoms with Crippen LogP contribution in [0.15, 0.2) is 0 Å². The second-order valence-electron chi connectivity index (χ2n) is 3.90. The molecular formula is C9H14O2. The van der Waals surface area contributed by atoms with Crippen LogP contribution in [0.5, 0.6) is 0 Å². The molecule has 2 rings (SSSR count). The number of aldehydes is 1. The minimum atomic E-state index is 0.0278. The Bertz CT molecular complexity index is 172. The molecule has 11 heavy (non-hydrogen) atoms. The first-order chi connectivity index (χ1) is 5.29. The molecule has 2 aliphatic rings. The topological polar surface area (TPSA) is 26.3 Å². The number of hydrogen-bond acceptors (Lipinski definition) is 2. The maximum Gasteiger partial charge on any atom is 0.126 e. The fourth-order valence-electron chi connectivity index (χ4n) is 2.10. The van der Waals surface area contributed by atoms with E-state index in [1.807, 2.05) is 0 Å². The van der Waals surface area contributed by atoms with E-state index in [1.165, 1.54) is 6.29 Å². The number of hydrogen-bond donors (Lipinski definition) is 0. The van der Waals surface area contributed by atoms with Crippen molar-refractivity contribution in [1.82, 2.24) is 0 Å². The summed E-state index contributed by atoms with van der Waals surface area (Å²) >= 11 is 0. The van der Waals surface area contributed by atoms with Crippen LogP contribution in [-0.2, 0) is 9.53 Å². The molecule has 0 atom stereocenters. The predicted octanol–water partition coefficient (Wildman–Crippen LogP) is 1.39. The molecule has 1 heterocycles. The van der Waals surface area contributed by atoms with Gasteiger partial charge < -0.3 is 9.53 Å². The Balaban J connectivity index is 2.17. The first kappa shape index (κ1) is 7.29. The number of ether oxygens (including phenoxy) is 1. The summed E-state index contributed by atoms with van der Waals surface area (Å²) in [6, 6.07) is 0. The summed E-state index contributed by atoms with van der Waals surface area (Å²) in [4.78, 5) is 10.8. The van der Waals surface area contributed by atoms with E-state index in [0.717, 1.165) is 32.5 Å². The lowest BCUT2D eigenvalue weighted by Gasteiger charge is -2.45. The average molecular weight is 154 g/mol. The summed E-state index contributed by atoms with van der Waals surface area (Å²) in [5.74, 6) is 0. The fraction of sp³-hybridized carbons (Fsp3) is 0.889. The molecule has 0 bridgehead atoms. The van der Waals surface area contributed by atoms with Gasteiger partial charge in [0.05, 0.1) is 13.2 Å². The van der Waals surface area contributed by atoms with E-state index in [-0.39, 0.29) is 10.8 Å². The van der Waals surface area contributed by atoms with Crippen molar-refractivity contribution in [3.63, 3.8) is 0 Å². The van der Waals surface area contributed by atoms with Gasteiger partial charge in [0.1, 0.15) is 6.29 Å². The molecule has 62 valence electrons. The molecule has 0 spiro atoms. The summed E-state index contributed by atoms with van der Waals surface area (Å²) in [5, 5.41) is 0. The molecule has 0 radical (unpaired) electrons. The second-order valence-corrected chi connectivity index (χ2v) is 3.90. The second kappa shape index (κ2) is 2.07. The van der Waals surface area contributed by atoms with Crippen LogP contribution in [0.4, 0.5) is 0 Å². The molecule has 1 saturated carbocycles. The maximum absolute atomic E-state index is 10.8. The van der Waals surface area contributed by atoms with Gasteiger partial charge in [-0.05, 0) is 19.3 Å². The molecular weight excluding hydrogens is 140 g/mol. The molecule has 0 aromatic carbocycles. The summed E-state index contributed by atoms with van der Waals surface area (Å²) < 4.78 is 5.20. The fourth-order valence-corrected chi connectivity index (χ4v) is 2.10. The predicted molar refractivity (Wildman–Crippen MR) is 41.3 cm³/mol. The first-order valence-electron chi connectivity index (χ1n) is 4.33. The third-order valence-electron chi connectivity index (χ3n) is 3.50. The molecule has 2 nitrogen and oxygen atoms in total. The average Bonchev–Trinajstić information content (AvgIpc) is 2.68. The molecule has 0 aromatic rings. The van der Waals surface area contributed by atoms with E-state index in [0.29, 0.717) is 0 Å². The van der Waals surface area contributed by atoms with Crippen LogP contribution in [0.3, 0.4) is 0 Å². The molecule has 2 heteroatoms. The number of carbonyl (C=O) groups is 1. The zero-order chi connectivity index (χ0) is 7.95. The van der Waals surface area contributed by atoms with Gasteiger partial charge in [-0.1, -0.05) is 6.92 Å². The van der Waals surface area contributed by atoms with E-state index in [4.69, 9.17) is 4.74 Å². The highest BCUT2D eigenvalue weighted by molar-refractivity contribution is 5.65. The van der Waals surface area contributed by atoms with Crippen molar-refractivity contribution in [3.05, 3.63) is 0 Å². The Morgan fingerprint density at radius 2 is 2.09 bits per heavy atom. The Morgan fingerprint density at radius 1 is 1.45 bits per heavy atom. The smallest absolute Gasteiger partial charge is 0.126 e. The molecule has 0 N–H and O–H groups in total. The highest BCUT2D eigenvalue weighted by Crippen LogP contribution is 2.61. The van der Waals surface area contributed by atoms with Crippen molar-refractivity contribution < 1.29 is 9.53 Å². The summed E-state index contributed by atoms with van der Waals surface area (Å²) in [6.45, 7) is 3.77. The van der Waals surface area contributed by atoms with Gasteiger partial charge in [-0.2, -0.15) is 0 Å². The Morgan fingerprint density at radius 3 is 2.18 bits per heavy atom. The van der Waals surface area contributed by atoms with Crippen molar-refractivity contribution in [2.45, 2.75) is 26.2 Å². The van der Waals surface area contributed by atoms with E-state index in [9.17, 15) is 4.79 Å². The third kappa shape index (κ3) is 0.734. The van der Waals surface area contributed by atoms with Crippen LogP contribution in [0.25, 0.3) is 0 Å². The minimum absolute atomic E-state index is 0.0278. The van der Waals surface area contributed by atoms with Crippen molar-refractivity contribution in [2.75, 3.05) is 13.2 Å². The zero-order valence-corrected chi connectivity index (χ0v) is 6.93. The van der Waals surface area contributed by atoms with E-state index in [1.54, 1.807) is 0 Å². The van der Waals surface area contributed by atoms with Crippen molar-refractivity contribution >= 4 is 6.29 Å². The Labute approximate surface area is 66.9 Å². The van der Waals surface area contributed by atoms with Crippen molar-refractivity contribution in [3.8, 4) is 0 Å². The highest BCUT2D eigenvalue weighted by Gasteiger charge is 2.61. The zero-order valence-electron chi connectivity index (χ0n) is 6.93. The third-order valence-corrected chi connectivity index (χ3v) is 3.50. The van der Waals surface area contributed by atoms with E-state index in [2.05, 4.69) is 6.92 Å². The molecule has 2 fully saturated rings. The van der Waals surface area contributed by atoms with Crippen LogP contribution in [-0.4, -0.2) is 19.5 Å². The number of carbonyl (C=O) groups excluding carboxylic acids is 1. The van der Waals surface area contributed by atoms with Crippen LogP contribution < -0.4 is 0 Å². The normalized spacial score (nSPS) is 30.6. The van der Waals surface area contributed by atoms with Gasteiger partial charge in [-0.15, -0.1) is 0 Å². The molecule has 1 aliphatic heterocycles.